The van der Waals surface area contributed by atoms with Gasteiger partial charge in [-0.1, -0.05) is 18.2 Å². The fraction of sp³-hybridized carbons (Fsp3) is 0.286. The van der Waals surface area contributed by atoms with Crippen molar-refractivity contribution in [3.8, 4) is 11.3 Å². The number of aromatic nitrogens is 1. The number of oxazole rings is 1. The summed E-state index contributed by atoms with van der Waals surface area (Å²) < 4.78 is 10.6. The monoisotopic (exact) mass is 259 g/mol. The van der Waals surface area contributed by atoms with Crippen LogP contribution < -0.4 is 5.76 Å². The minimum atomic E-state index is -0.608. The van der Waals surface area contributed by atoms with Crippen molar-refractivity contribution in [2.75, 3.05) is 7.11 Å². The van der Waals surface area contributed by atoms with E-state index in [4.69, 9.17) is 9.15 Å². The number of aryl methyl sites for hydroxylation is 1. The first kappa shape index (κ1) is 11.9. The molecule has 0 saturated carbocycles. The van der Waals surface area contributed by atoms with Gasteiger partial charge in [0.05, 0.1) is 6.10 Å². The molecule has 0 spiro atoms. The third kappa shape index (κ3) is 1.74. The fourth-order valence-corrected chi connectivity index (χ4v) is 2.56. The van der Waals surface area contributed by atoms with Crippen LogP contribution in [0.3, 0.4) is 0 Å². The summed E-state index contributed by atoms with van der Waals surface area (Å²) in [6.45, 7) is 1.91. The molecule has 0 amide bonds. The lowest BCUT2D eigenvalue weighted by Crippen LogP contribution is -2.09. The van der Waals surface area contributed by atoms with Crippen molar-refractivity contribution in [3.63, 3.8) is 0 Å². The maximum Gasteiger partial charge on any atom is 0.417 e. The van der Waals surface area contributed by atoms with E-state index in [0.29, 0.717) is 5.76 Å². The van der Waals surface area contributed by atoms with Crippen LogP contribution >= 0.6 is 0 Å². The number of benzene rings is 1. The van der Waals surface area contributed by atoms with Crippen LogP contribution in [0.5, 0.6) is 0 Å². The number of hydrogen-bond donors (Lipinski definition) is 1. The quantitative estimate of drug-likeness (QED) is 0.852. The summed E-state index contributed by atoms with van der Waals surface area (Å²) in [5.41, 5.74) is 2.82. The highest BCUT2D eigenvalue weighted by atomic mass is 16.5. The van der Waals surface area contributed by atoms with Gasteiger partial charge >= 0.3 is 5.76 Å². The standard InChI is InChI=1S/C14H13NO4/c1-7-4-3-5-8-10(18-2)6-9(16)12-13(11(7)8)19-14(17)15-12/h3-5,10H,6H2,1-2H3,(H,15,17). The van der Waals surface area contributed by atoms with Gasteiger partial charge in [0, 0.05) is 19.1 Å². The van der Waals surface area contributed by atoms with Crippen molar-refractivity contribution in [3.05, 3.63) is 45.6 Å². The van der Waals surface area contributed by atoms with Crippen LogP contribution in [0.1, 0.15) is 34.1 Å². The van der Waals surface area contributed by atoms with Crippen LogP contribution in [0, 0.1) is 6.92 Å². The van der Waals surface area contributed by atoms with E-state index in [2.05, 4.69) is 4.98 Å². The third-order valence-corrected chi connectivity index (χ3v) is 3.46. The first-order valence-electron chi connectivity index (χ1n) is 6.00. The first-order valence-corrected chi connectivity index (χ1v) is 6.00. The van der Waals surface area contributed by atoms with Crippen molar-refractivity contribution in [1.29, 1.82) is 0 Å². The van der Waals surface area contributed by atoms with Crippen LogP contribution in [-0.2, 0) is 4.74 Å². The minimum absolute atomic E-state index is 0.178. The molecule has 0 bridgehead atoms. The van der Waals surface area contributed by atoms with Crippen LogP contribution in [0.2, 0.25) is 0 Å². The van der Waals surface area contributed by atoms with Crippen molar-refractivity contribution in [1.82, 2.24) is 4.98 Å². The number of carbonyl (C=O) groups excluding carboxylic acids is 1. The van der Waals surface area contributed by atoms with Gasteiger partial charge < -0.3 is 9.15 Å². The van der Waals surface area contributed by atoms with E-state index >= 15 is 0 Å². The van der Waals surface area contributed by atoms with Crippen molar-refractivity contribution in [2.24, 2.45) is 0 Å². The number of ether oxygens (including phenoxy) is 1. The van der Waals surface area contributed by atoms with Crippen molar-refractivity contribution >= 4 is 5.78 Å². The number of rotatable bonds is 1. The molecule has 3 rings (SSSR count). The zero-order valence-electron chi connectivity index (χ0n) is 10.6. The van der Waals surface area contributed by atoms with E-state index in [1.807, 2.05) is 25.1 Å². The Kier molecular flexibility index (Phi) is 2.64. The second-order valence-corrected chi connectivity index (χ2v) is 4.61. The van der Waals surface area contributed by atoms with E-state index in [9.17, 15) is 9.59 Å². The molecule has 0 radical (unpaired) electrons. The van der Waals surface area contributed by atoms with Gasteiger partial charge in [0.15, 0.2) is 11.5 Å². The van der Waals surface area contributed by atoms with Gasteiger partial charge in [-0.3, -0.25) is 9.78 Å². The Hall–Kier alpha value is -2.14. The third-order valence-electron chi connectivity index (χ3n) is 3.46. The number of aromatic amines is 1. The Labute approximate surface area is 109 Å². The van der Waals surface area contributed by atoms with E-state index in [1.165, 1.54) is 0 Å². The highest BCUT2D eigenvalue weighted by Crippen LogP contribution is 2.39. The fourth-order valence-electron chi connectivity index (χ4n) is 2.56. The smallest absolute Gasteiger partial charge is 0.407 e. The highest BCUT2D eigenvalue weighted by Gasteiger charge is 2.31. The normalized spacial score (nSPS) is 17.8. The molecule has 0 aliphatic heterocycles. The molecule has 5 heteroatoms. The summed E-state index contributed by atoms with van der Waals surface area (Å²) in [7, 11) is 1.57. The van der Waals surface area contributed by atoms with Gasteiger partial charge in [0.25, 0.3) is 0 Å². The number of carbonyl (C=O) groups is 1. The van der Waals surface area contributed by atoms with Gasteiger partial charge in [-0.05, 0) is 18.1 Å². The van der Waals surface area contributed by atoms with Crippen LogP contribution in [0.25, 0.3) is 11.3 Å². The molecule has 1 unspecified atom stereocenters. The number of H-pyrrole nitrogens is 1. The molecule has 5 nitrogen and oxygen atoms in total. The lowest BCUT2D eigenvalue weighted by Gasteiger charge is -2.16. The maximum absolute atomic E-state index is 12.2. The summed E-state index contributed by atoms with van der Waals surface area (Å²) in [6.07, 6.45) is -0.136. The zero-order chi connectivity index (χ0) is 13.6. The first-order chi connectivity index (χ1) is 9.11. The molecule has 1 aliphatic rings. The molecular formula is C14H13NO4. The summed E-state index contributed by atoms with van der Waals surface area (Å²) >= 11 is 0. The second kappa shape index (κ2) is 4.20. The Morgan fingerprint density at radius 2 is 2.16 bits per heavy atom. The van der Waals surface area contributed by atoms with Gasteiger partial charge in [-0.15, -0.1) is 0 Å². The number of methoxy groups -OCH3 is 1. The molecule has 1 N–H and O–H groups in total. The molecule has 1 aromatic heterocycles. The molecule has 1 aromatic carbocycles. The Morgan fingerprint density at radius 3 is 2.89 bits per heavy atom. The van der Waals surface area contributed by atoms with Crippen LogP contribution in [0.4, 0.5) is 0 Å². The number of Topliss-reactive ketones (excluding diaryl/α,β-unsaturated/α-hetero) is 1. The minimum Gasteiger partial charge on any atom is -0.407 e. The average molecular weight is 259 g/mol. The predicted octanol–water partition coefficient (Wildman–Crippen LogP) is 2.22. The molecule has 1 atom stereocenters. The Balaban J connectivity index is 2.38. The number of ketones is 1. The van der Waals surface area contributed by atoms with Gasteiger partial charge in [-0.25, -0.2) is 4.79 Å². The van der Waals surface area contributed by atoms with Crippen LogP contribution in [0.15, 0.2) is 27.4 Å². The number of hydrogen-bond acceptors (Lipinski definition) is 4. The number of nitrogens with one attached hydrogen (secondary N) is 1. The lowest BCUT2D eigenvalue weighted by atomic mass is 9.97. The summed E-state index contributed by atoms with van der Waals surface area (Å²) in [5, 5.41) is 0. The number of fused-ring (bicyclic) bond motifs is 3. The topological polar surface area (TPSA) is 72.3 Å². The summed E-state index contributed by atoms with van der Waals surface area (Å²) in [6, 6.07) is 5.71. The molecule has 1 heterocycles. The maximum atomic E-state index is 12.2. The SMILES string of the molecule is COC1CC(=O)c2[nH]c(=O)oc2-c2c(C)cccc21. The Morgan fingerprint density at radius 1 is 1.37 bits per heavy atom. The lowest BCUT2D eigenvalue weighted by molar-refractivity contribution is 0.0735. The van der Waals surface area contributed by atoms with E-state index in [0.717, 1.165) is 16.7 Å². The van der Waals surface area contributed by atoms with E-state index < -0.39 is 5.76 Å². The highest BCUT2D eigenvalue weighted by molar-refractivity contribution is 6.01. The molecule has 1 aliphatic carbocycles. The van der Waals surface area contributed by atoms with Gasteiger partial charge in [0.2, 0.25) is 0 Å². The molecule has 0 fully saturated rings. The van der Waals surface area contributed by atoms with Gasteiger partial charge in [-0.2, -0.15) is 0 Å². The molecule has 0 saturated heterocycles. The van der Waals surface area contributed by atoms with Crippen molar-refractivity contribution < 1.29 is 13.9 Å². The average Bonchev–Trinajstić information content (AvgIpc) is 2.72. The van der Waals surface area contributed by atoms with Gasteiger partial charge in [0.1, 0.15) is 5.69 Å². The van der Waals surface area contributed by atoms with E-state index in [1.54, 1.807) is 7.11 Å². The molecule has 2 aromatic rings. The molecular weight excluding hydrogens is 246 g/mol. The second-order valence-electron chi connectivity index (χ2n) is 4.61. The zero-order valence-corrected chi connectivity index (χ0v) is 10.6. The summed E-state index contributed by atoms with van der Waals surface area (Å²) in [4.78, 5) is 26.0. The predicted molar refractivity (Wildman–Crippen MR) is 68.2 cm³/mol. The largest absolute Gasteiger partial charge is 0.417 e. The van der Waals surface area contributed by atoms with Crippen LogP contribution in [-0.4, -0.2) is 17.9 Å². The molecule has 98 valence electrons. The Bertz CT molecular complexity index is 710. The van der Waals surface area contributed by atoms with E-state index in [-0.39, 0.29) is 24.0 Å². The van der Waals surface area contributed by atoms with Crippen molar-refractivity contribution in [2.45, 2.75) is 19.4 Å². The summed E-state index contributed by atoms with van der Waals surface area (Å²) in [5.74, 6) is -0.464. The molecule has 19 heavy (non-hydrogen) atoms.